The molecular formula is C10H11NO2S. The van der Waals surface area contributed by atoms with Crippen LogP contribution in [0.2, 0.25) is 0 Å². The summed E-state index contributed by atoms with van der Waals surface area (Å²) in [6, 6.07) is 3.57. The SMILES string of the molecule is CCCSC(=O)c1cc2occc2[nH]1. The van der Waals surface area contributed by atoms with Gasteiger partial charge in [0.15, 0.2) is 5.58 Å². The van der Waals surface area contributed by atoms with E-state index in [0.29, 0.717) is 5.69 Å². The van der Waals surface area contributed by atoms with E-state index >= 15 is 0 Å². The quantitative estimate of drug-likeness (QED) is 0.845. The molecule has 0 aromatic carbocycles. The maximum Gasteiger partial charge on any atom is 0.235 e. The first-order chi connectivity index (χ1) is 6.81. The highest BCUT2D eigenvalue weighted by Crippen LogP contribution is 2.19. The second-order valence-corrected chi connectivity index (χ2v) is 4.09. The number of thioether (sulfide) groups is 1. The molecule has 14 heavy (non-hydrogen) atoms. The van der Waals surface area contributed by atoms with Gasteiger partial charge in [0.25, 0.3) is 0 Å². The van der Waals surface area contributed by atoms with Gasteiger partial charge in [-0.05, 0) is 6.42 Å². The zero-order valence-electron chi connectivity index (χ0n) is 7.87. The highest BCUT2D eigenvalue weighted by molar-refractivity contribution is 8.14. The van der Waals surface area contributed by atoms with E-state index in [4.69, 9.17) is 4.42 Å². The number of aromatic nitrogens is 1. The Morgan fingerprint density at radius 2 is 2.50 bits per heavy atom. The van der Waals surface area contributed by atoms with Crippen molar-refractivity contribution in [3.63, 3.8) is 0 Å². The highest BCUT2D eigenvalue weighted by atomic mass is 32.2. The second-order valence-electron chi connectivity index (χ2n) is 3.02. The number of hydrogen-bond acceptors (Lipinski definition) is 3. The van der Waals surface area contributed by atoms with Crippen LogP contribution in [0.4, 0.5) is 0 Å². The molecule has 0 saturated carbocycles. The van der Waals surface area contributed by atoms with Gasteiger partial charge in [-0.3, -0.25) is 4.79 Å². The number of rotatable bonds is 3. The first kappa shape index (κ1) is 9.40. The van der Waals surface area contributed by atoms with Crippen molar-refractivity contribution < 1.29 is 9.21 Å². The summed E-state index contributed by atoms with van der Waals surface area (Å²) in [6.45, 7) is 2.06. The molecule has 0 unspecified atom stereocenters. The zero-order chi connectivity index (χ0) is 9.97. The van der Waals surface area contributed by atoms with Crippen molar-refractivity contribution in [2.24, 2.45) is 0 Å². The van der Waals surface area contributed by atoms with Gasteiger partial charge in [0.2, 0.25) is 5.12 Å². The zero-order valence-corrected chi connectivity index (χ0v) is 8.69. The van der Waals surface area contributed by atoms with Crippen molar-refractivity contribution in [1.82, 2.24) is 4.98 Å². The Bertz CT molecular complexity index is 415. The number of nitrogens with one attached hydrogen (secondary N) is 1. The van der Waals surface area contributed by atoms with Crippen molar-refractivity contribution in [3.8, 4) is 0 Å². The first-order valence-corrected chi connectivity index (χ1v) is 5.53. The van der Waals surface area contributed by atoms with Crippen LogP contribution in [-0.4, -0.2) is 15.9 Å². The van der Waals surface area contributed by atoms with E-state index in [2.05, 4.69) is 11.9 Å². The lowest BCUT2D eigenvalue weighted by Gasteiger charge is -1.94. The molecule has 2 aromatic heterocycles. The smallest absolute Gasteiger partial charge is 0.235 e. The van der Waals surface area contributed by atoms with E-state index < -0.39 is 0 Å². The summed E-state index contributed by atoms with van der Waals surface area (Å²) in [6.07, 6.45) is 2.61. The van der Waals surface area contributed by atoms with Crippen LogP contribution in [0.3, 0.4) is 0 Å². The number of carbonyl (C=O) groups is 1. The average Bonchev–Trinajstić information content (AvgIpc) is 2.72. The van der Waals surface area contributed by atoms with E-state index in [-0.39, 0.29) is 5.12 Å². The van der Waals surface area contributed by atoms with Crippen LogP contribution in [0, 0.1) is 0 Å². The van der Waals surface area contributed by atoms with Crippen molar-refractivity contribution in [2.75, 3.05) is 5.75 Å². The Hall–Kier alpha value is -1.16. The van der Waals surface area contributed by atoms with Gasteiger partial charge < -0.3 is 9.40 Å². The monoisotopic (exact) mass is 209 g/mol. The number of carbonyl (C=O) groups excluding carboxylic acids is 1. The molecule has 0 fully saturated rings. The van der Waals surface area contributed by atoms with Gasteiger partial charge in [0.05, 0.1) is 17.5 Å². The summed E-state index contributed by atoms with van der Waals surface area (Å²) >= 11 is 1.34. The summed E-state index contributed by atoms with van der Waals surface area (Å²) in [7, 11) is 0. The minimum atomic E-state index is 0.0817. The van der Waals surface area contributed by atoms with Crippen molar-refractivity contribution >= 4 is 28.0 Å². The molecule has 1 N–H and O–H groups in total. The molecule has 0 aliphatic carbocycles. The van der Waals surface area contributed by atoms with Crippen molar-refractivity contribution in [1.29, 1.82) is 0 Å². The molecule has 2 rings (SSSR count). The van der Waals surface area contributed by atoms with E-state index in [1.165, 1.54) is 11.8 Å². The molecule has 0 atom stereocenters. The third-order valence-corrected chi connectivity index (χ3v) is 2.99. The molecule has 74 valence electrons. The van der Waals surface area contributed by atoms with Crippen molar-refractivity contribution in [3.05, 3.63) is 24.1 Å². The van der Waals surface area contributed by atoms with E-state index in [0.717, 1.165) is 23.3 Å². The minimum absolute atomic E-state index is 0.0817. The summed E-state index contributed by atoms with van der Waals surface area (Å²) in [5.74, 6) is 0.860. The molecule has 2 aromatic rings. The normalized spacial score (nSPS) is 10.9. The molecule has 0 aliphatic rings. The lowest BCUT2D eigenvalue weighted by molar-refractivity contribution is 0.108. The van der Waals surface area contributed by atoms with Gasteiger partial charge in [-0.25, -0.2) is 0 Å². The van der Waals surface area contributed by atoms with Gasteiger partial charge >= 0.3 is 0 Å². The number of hydrogen-bond donors (Lipinski definition) is 1. The van der Waals surface area contributed by atoms with Gasteiger partial charge in [-0.2, -0.15) is 0 Å². The summed E-state index contributed by atoms with van der Waals surface area (Å²) in [5.41, 5.74) is 2.24. The Labute approximate surface area is 85.9 Å². The molecule has 0 saturated heterocycles. The number of H-pyrrole nitrogens is 1. The van der Waals surface area contributed by atoms with Crippen LogP contribution >= 0.6 is 11.8 Å². The molecular weight excluding hydrogens is 198 g/mol. The first-order valence-electron chi connectivity index (χ1n) is 4.54. The lowest BCUT2D eigenvalue weighted by atomic mass is 10.4. The van der Waals surface area contributed by atoms with Crippen LogP contribution in [0.25, 0.3) is 11.1 Å². The Kier molecular flexibility index (Phi) is 2.63. The van der Waals surface area contributed by atoms with Crippen LogP contribution in [0.15, 0.2) is 22.8 Å². The molecule has 0 amide bonds. The predicted molar refractivity (Wildman–Crippen MR) is 57.6 cm³/mol. The predicted octanol–water partition coefficient (Wildman–Crippen LogP) is 3.04. The van der Waals surface area contributed by atoms with Crippen LogP contribution in [-0.2, 0) is 0 Å². The molecule has 2 heterocycles. The van der Waals surface area contributed by atoms with Crippen LogP contribution in [0.5, 0.6) is 0 Å². The fourth-order valence-corrected chi connectivity index (χ4v) is 1.89. The molecule has 0 radical (unpaired) electrons. The third-order valence-electron chi connectivity index (χ3n) is 1.90. The van der Waals surface area contributed by atoms with Gasteiger partial charge in [0, 0.05) is 17.9 Å². The summed E-state index contributed by atoms with van der Waals surface area (Å²) in [5, 5.41) is 0.0817. The van der Waals surface area contributed by atoms with Gasteiger partial charge in [-0.15, -0.1) is 0 Å². The lowest BCUT2D eigenvalue weighted by Crippen LogP contribution is -1.94. The fourth-order valence-electron chi connectivity index (χ4n) is 1.23. The van der Waals surface area contributed by atoms with E-state index in [9.17, 15) is 4.79 Å². The standard InChI is InChI=1S/C10H11NO2S/c1-2-5-14-10(12)8-6-9-7(11-8)3-4-13-9/h3-4,6,11H,2,5H2,1H3. The molecule has 3 nitrogen and oxygen atoms in total. The number of fused-ring (bicyclic) bond motifs is 1. The fraction of sp³-hybridized carbons (Fsp3) is 0.300. The molecule has 0 bridgehead atoms. The Balaban J connectivity index is 2.18. The van der Waals surface area contributed by atoms with Crippen molar-refractivity contribution in [2.45, 2.75) is 13.3 Å². The second kappa shape index (κ2) is 3.92. The number of aromatic amines is 1. The maximum absolute atomic E-state index is 11.6. The average molecular weight is 209 g/mol. The van der Waals surface area contributed by atoms with Gasteiger partial charge in [-0.1, -0.05) is 18.7 Å². The molecule has 0 spiro atoms. The van der Waals surface area contributed by atoms with Gasteiger partial charge in [0.1, 0.15) is 0 Å². The van der Waals surface area contributed by atoms with E-state index in [1.807, 2.05) is 6.07 Å². The molecule has 0 aliphatic heterocycles. The van der Waals surface area contributed by atoms with Crippen LogP contribution < -0.4 is 0 Å². The summed E-state index contributed by atoms with van der Waals surface area (Å²) < 4.78 is 5.16. The topological polar surface area (TPSA) is 46.0 Å². The Morgan fingerprint density at radius 1 is 1.64 bits per heavy atom. The van der Waals surface area contributed by atoms with E-state index in [1.54, 1.807) is 12.3 Å². The maximum atomic E-state index is 11.6. The Morgan fingerprint density at radius 3 is 3.21 bits per heavy atom. The highest BCUT2D eigenvalue weighted by Gasteiger charge is 2.10. The van der Waals surface area contributed by atoms with Crippen LogP contribution in [0.1, 0.15) is 23.8 Å². The molecule has 4 heteroatoms. The number of furan rings is 1. The summed E-state index contributed by atoms with van der Waals surface area (Å²) in [4.78, 5) is 14.6. The third kappa shape index (κ3) is 1.70. The minimum Gasteiger partial charge on any atom is -0.463 e. The largest absolute Gasteiger partial charge is 0.463 e.